The third-order valence-electron chi connectivity index (χ3n) is 1.39. The standard InChI is InChI=1S/C5H10NO6P.C4H10/c1-2-11-5(8)4(7)6-3-12-13(9)10;1-3-4-2/h13H,2-3H2,1H3,(H,6,7)(H,9,10);3-4H2,1-2H3. The van der Waals surface area contributed by atoms with Gasteiger partial charge in [0.05, 0.1) is 6.61 Å². The number of ether oxygens (including phenoxy) is 1. The molecular formula is C9H20NO6P. The zero-order chi connectivity index (χ0) is 13.7. The molecule has 1 unspecified atom stereocenters. The SMILES string of the molecule is CCCC.CCOC(=O)C(=O)NCO[PH](=O)O. The molecule has 0 saturated carbocycles. The van der Waals surface area contributed by atoms with Gasteiger partial charge in [0.2, 0.25) is 0 Å². The molecule has 1 amide bonds. The Morgan fingerprint density at radius 3 is 2.12 bits per heavy atom. The van der Waals surface area contributed by atoms with E-state index in [1.165, 1.54) is 12.8 Å². The Morgan fingerprint density at radius 2 is 1.76 bits per heavy atom. The van der Waals surface area contributed by atoms with Crippen molar-refractivity contribution in [3.05, 3.63) is 0 Å². The summed E-state index contributed by atoms with van der Waals surface area (Å²) in [7, 11) is -3.08. The Kier molecular flexibility index (Phi) is 14.3. The molecule has 0 aliphatic rings. The highest BCUT2D eigenvalue weighted by Gasteiger charge is 2.13. The summed E-state index contributed by atoms with van der Waals surface area (Å²) in [6.07, 6.45) is 2.64. The highest BCUT2D eigenvalue weighted by Crippen LogP contribution is 2.11. The highest BCUT2D eigenvalue weighted by atomic mass is 31.1. The van der Waals surface area contributed by atoms with Crippen LogP contribution < -0.4 is 5.32 Å². The van der Waals surface area contributed by atoms with Crippen molar-refractivity contribution in [1.29, 1.82) is 0 Å². The van der Waals surface area contributed by atoms with E-state index >= 15 is 0 Å². The molecule has 17 heavy (non-hydrogen) atoms. The van der Waals surface area contributed by atoms with Gasteiger partial charge in [-0.25, -0.2) is 4.79 Å². The molecule has 0 aliphatic carbocycles. The fourth-order valence-electron chi connectivity index (χ4n) is 0.432. The molecule has 0 aromatic carbocycles. The summed E-state index contributed by atoms with van der Waals surface area (Å²) in [5, 5.41) is 1.93. The second-order valence-corrected chi connectivity index (χ2v) is 3.60. The van der Waals surface area contributed by atoms with E-state index < -0.39 is 26.9 Å². The number of amides is 1. The van der Waals surface area contributed by atoms with Crippen molar-refractivity contribution in [2.45, 2.75) is 33.6 Å². The lowest BCUT2D eigenvalue weighted by Crippen LogP contribution is -2.33. The van der Waals surface area contributed by atoms with Crippen LogP contribution in [0.4, 0.5) is 0 Å². The molecule has 0 fully saturated rings. The minimum atomic E-state index is -3.08. The first-order valence-electron chi connectivity index (χ1n) is 5.30. The van der Waals surface area contributed by atoms with E-state index in [0.717, 1.165) is 0 Å². The minimum absolute atomic E-state index is 0.0870. The summed E-state index contributed by atoms with van der Waals surface area (Å²) in [5.74, 6) is -2.06. The van der Waals surface area contributed by atoms with Gasteiger partial charge in [-0.3, -0.25) is 13.9 Å². The molecule has 8 heteroatoms. The van der Waals surface area contributed by atoms with Crippen molar-refractivity contribution in [3.63, 3.8) is 0 Å². The number of esters is 1. The normalized spacial score (nSPS) is 10.8. The predicted molar refractivity (Wildman–Crippen MR) is 62.5 cm³/mol. The number of rotatable bonds is 5. The minimum Gasteiger partial charge on any atom is -0.459 e. The predicted octanol–water partition coefficient (Wildman–Crippen LogP) is 0.828. The third-order valence-corrected chi connectivity index (χ3v) is 1.78. The number of hydrogen-bond acceptors (Lipinski definition) is 5. The third kappa shape index (κ3) is 15.1. The summed E-state index contributed by atoms with van der Waals surface area (Å²) >= 11 is 0. The summed E-state index contributed by atoms with van der Waals surface area (Å²) < 4.78 is 18.4. The summed E-state index contributed by atoms with van der Waals surface area (Å²) in [6.45, 7) is 5.50. The number of hydrogen-bond donors (Lipinski definition) is 2. The van der Waals surface area contributed by atoms with Gasteiger partial charge in [0.1, 0.15) is 6.73 Å². The lowest BCUT2D eigenvalue weighted by atomic mass is 10.4. The van der Waals surface area contributed by atoms with Crippen LogP contribution in [0.1, 0.15) is 33.6 Å². The van der Waals surface area contributed by atoms with Crippen LogP contribution in [0, 0.1) is 0 Å². The fourth-order valence-corrected chi connectivity index (χ4v) is 0.628. The van der Waals surface area contributed by atoms with Crippen LogP contribution in [0.2, 0.25) is 0 Å². The zero-order valence-electron chi connectivity index (χ0n) is 10.3. The maximum atomic E-state index is 10.7. The Balaban J connectivity index is 0. The molecule has 0 rings (SSSR count). The largest absolute Gasteiger partial charge is 0.459 e. The molecule has 0 saturated heterocycles. The molecule has 0 bridgehead atoms. The maximum absolute atomic E-state index is 10.7. The van der Waals surface area contributed by atoms with Crippen molar-refractivity contribution in [2.75, 3.05) is 13.3 Å². The lowest BCUT2D eigenvalue weighted by molar-refractivity contribution is -0.154. The van der Waals surface area contributed by atoms with Gasteiger partial charge >= 0.3 is 20.1 Å². The second kappa shape index (κ2) is 13.2. The molecule has 2 N–H and O–H groups in total. The monoisotopic (exact) mass is 269 g/mol. The molecule has 0 aromatic rings. The molecule has 0 aliphatic heterocycles. The van der Waals surface area contributed by atoms with Crippen LogP contribution in [-0.4, -0.2) is 30.1 Å². The van der Waals surface area contributed by atoms with E-state index in [9.17, 15) is 14.2 Å². The van der Waals surface area contributed by atoms with Crippen molar-refractivity contribution in [1.82, 2.24) is 5.32 Å². The van der Waals surface area contributed by atoms with E-state index in [1.807, 2.05) is 5.32 Å². The Bertz CT molecular complexity index is 244. The molecule has 7 nitrogen and oxygen atoms in total. The van der Waals surface area contributed by atoms with Crippen LogP contribution in [0.25, 0.3) is 0 Å². The average molecular weight is 269 g/mol. The smallest absolute Gasteiger partial charge is 0.396 e. The first-order valence-corrected chi connectivity index (χ1v) is 6.56. The average Bonchev–Trinajstić information content (AvgIpc) is 2.29. The Morgan fingerprint density at radius 1 is 1.24 bits per heavy atom. The number of nitrogens with one attached hydrogen (secondary N) is 1. The molecule has 0 radical (unpaired) electrons. The van der Waals surface area contributed by atoms with Crippen molar-refractivity contribution >= 4 is 20.1 Å². The first-order chi connectivity index (χ1) is 7.99. The second-order valence-electron chi connectivity index (χ2n) is 2.78. The van der Waals surface area contributed by atoms with Gasteiger partial charge in [-0.05, 0) is 6.92 Å². The quantitative estimate of drug-likeness (QED) is 0.332. The van der Waals surface area contributed by atoms with E-state index in [2.05, 4.69) is 23.1 Å². The van der Waals surface area contributed by atoms with Crippen molar-refractivity contribution < 1.29 is 28.3 Å². The number of carbonyl (C=O) groups excluding carboxylic acids is 2. The Labute approximate surface area is 101 Å². The highest BCUT2D eigenvalue weighted by molar-refractivity contribution is 7.32. The molecule has 102 valence electrons. The molecule has 0 heterocycles. The lowest BCUT2D eigenvalue weighted by Gasteiger charge is -2.02. The van der Waals surface area contributed by atoms with Gasteiger partial charge in [0, 0.05) is 0 Å². The van der Waals surface area contributed by atoms with Crippen molar-refractivity contribution in [3.8, 4) is 0 Å². The van der Waals surface area contributed by atoms with Crippen LogP contribution in [0.3, 0.4) is 0 Å². The van der Waals surface area contributed by atoms with Gasteiger partial charge in [-0.1, -0.05) is 26.7 Å². The van der Waals surface area contributed by atoms with Gasteiger partial charge in [0.25, 0.3) is 0 Å². The molecular weight excluding hydrogens is 249 g/mol. The van der Waals surface area contributed by atoms with Gasteiger partial charge in [-0.15, -0.1) is 0 Å². The van der Waals surface area contributed by atoms with E-state index in [4.69, 9.17) is 4.89 Å². The number of unbranched alkanes of at least 4 members (excludes halogenated alkanes) is 1. The summed E-state index contributed by atoms with van der Waals surface area (Å²) in [5.41, 5.74) is 0. The zero-order valence-corrected chi connectivity index (χ0v) is 11.3. The fraction of sp³-hybridized carbons (Fsp3) is 0.778. The van der Waals surface area contributed by atoms with E-state index in [-0.39, 0.29) is 6.61 Å². The van der Waals surface area contributed by atoms with E-state index in [1.54, 1.807) is 6.92 Å². The first kappa shape index (κ1) is 18.5. The number of carbonyl (C=O) groups is 2. The van der Waals surface area contributed by atoms with Crippen molar-refractivity contribution in [2.24, 2.45) is 0 Å². The molecule has 0 aromatic heterocycles. The Hall–Kier alpha value is -0.910. The van der Waals surface area contributed by atoms with Gasteiger partial charge in [0.15, 0.2) is 0 Å². The summed E-state index contributed by atoms with van der Waals surface area (Å²) in [6, 6.07) is 0. The maximum Gasteiger partial charge on any atom is 0.396 e. The topological polar surface area (TPSA) is 102 Å². The summed E-state index contributed by atoms with van der Waals surface area (Å²) in [4.78, 5) is 29.4. The van der Waals surface area contributed by atoms with Crippen LogP contribution in [0.15, 0.2) is 0 Å². The molecule has 1 atom stereocenters. The molecule has 0 spiro atoms. The van der Waals surface area contributed by atoms with Gasteiger partial charge in [-0.2, -0.15) is 0 Å². The van der Waals surface area contributed by atoms with E-state index in [0.29, 0.717) is 0 Å². The van der Waals surface area contributed by atoms with Crippen LogP contribution >= 0.6 is 8.25 Å². The van der Waals surface area contributed by atoms with Crippen LogP contribution in [-0.2, 0) is 23.4 Å². The van der Waals surface area contributed by atoms with Crippen LogP contribution in [0.5, 0.6) is 0 Å². The van der Waals surface area contributed by atoms with Gasteiger partial charge < -0.3 is 14.9 Å².